The summed E-state index contributed by atoms with van der Waals surface area (Å²) < 4.78 is 44.6. The van der Waals surface area contributed by atoms with Gasteiger partial charge in [0, 0.05) is 54.0 Å². The van der Waals surface area contributed by atoms with Gasteiger partial charge >= 0.3 is 0 Å². The van der Waals surface area contributed by atoms with E-state index in [1.807, 2.05) is 28.6 Å². The molecule has 6 N–H and O–H groups in total. The lowest BCUT2D eigenvalue weighted by Crippen LogP contribution is -2.55. The van der Waals surface area contributed by atoms with E-state index in [2.05, 4.69) is 24.5 Å². The molecule has 5 rings (SSSR count). The number of halogens is 2. The van der Waals surface area contributed by atoms with E-state index in [1.54, 1.807) is 12.1 Å². The Bertz CT molecular complexity index is 1250. The fraction of sp³-hybridized carbons (Fsp3) is 0.581. The molecule has 0 aliphatic carbocycles. The lowest BCUT2D eigenvalue weighted by molar-refractivity contribution is -0.119. The summed E-state index contributed by atoms with van der Waals surface area (Å²) in [4.78, 5) is 13.7. The van der Waals surface area contributed by atoms with Gasteiger partial charge in [-0.05, 0) is 88.1 Å². The van der Waals surface area contributed by atoms with Crippen molar-refractivity contribution in [2.24, 2.45) is 11.7 Å². The molecule has 2 aromatic carbocycles. The van der Waals surface area contributed by atoms with Crippen molar-refractivity contribution in [3.8, 4) is 0 Å². The molecular formula is C31H44ClFN4O4S. The highest BCUT2D eigenvalue weighted by Crippen LogP contribution is 2.49. The van der Waals surface area contributed by atoms with E-state index in [9.17, 15) is 13.9 Å². The van der Waals surface area contributed by atoms with Gasteiger partial charge in [0.05, 0.1) is 17.4 Å². The quantitative estimate of drug-likeness (QED) is 0.254. The Morgan fingerprint density at radius 2 is 2.02 bits per heavy atom. The number of fused-ring (bicyclic) bond motifs is 2. The number of nitrogens with one attached hydrogen (secondary N) is 2. The van der Waals surface area contributed by atoms with Gasteiger partial charge in [0.15, 0.2) is 0 Å². The number of anilines is 1. The van der Waals surface area contributed by atoms with Crippen molar-refractivity contribution < 1.29 is 23.0 Å². The highest BCUT2D eigenvalue weighted by Gasteiger charge is 2.40. The predicted molar refractivity (Wildman–Crippen MR) is 168 cm³/mol. The molecule has 1 amide bonds. The largest absolute Gasteiger partial charge is 0.376 e. The molecule has 232 valence electrons. The smallest absolute Gasteiger partial charge is 0.241 e. The van der Waals surface area contributed by atoms with Gasteiger partial charge in [-0.15, -0.1) is 10.8 Å². The van der Waals surface area contributed by atoms with Crippen LogP contribution < -0.4 is 16.4 Å². The molecule has 0 aromatic heterocycles. The second kappa shape index (κ2) is 13.1. The first-order valence-corrected chi connectivity index (χ1v) is 17.0. The van der Waals surface area contributed by atoms with Gasteiger partial charge in [-0.2, -0.15) is 0 Å². The van der Waals surface area contributed by atoms with Crippen molar-refractivity contribution in [3.05, 3.63) is 64.4 Å². The van der Waals surface area contributed by atoms with Crippen LogP contribution in [-0.4, -0.2) is 68.5 Å². The molecule has 2 unspecified atom stereocenters. The van der Waals surface area contributed by atoms with Crippen LogP contribution in [0.5, 0.6) is 0 Å². The number of amides is 1. The van der Waals surface area contributed by atoms with Crippen molar-refractivity contribution in [3.63, 3.8) is 0 Å². The lowest BCUT2D eigenvalue weighted by Gasteiger charge is -2.49. The summed E-state index contributed by atoms with van der Waals surface area (Å²) in [6.45, 7) is 5.86. The van der Waals surface area contributed by atoms with Gasteiger partial charge in [-0.1, -0.05) is 29.8 Å². The molecule has 3 fully saturated rings. The average Bonchev–Trinajstić information content (AvgIpc) is 3.05. The Labute approximate surface area is 255 Å². The molecule has 2 aromatic rings. The maximum atomic E-state index is 15.2. The second-order valence-electron chi connectivity index (χ2n) is 12.6. The van der Waals surface area contributed by atoms with Gasteiger partial charge < -0.3 is 21.1 Å². The number of hydrogen-bond acceptors (Lipinski definition) is 7. The van der Waals surface area contributed by atoms with Crippen LogP contribution in [0.25, 0.3) is 0 Å². The summed E-state index contributed by atoms with van der Waals surface area (Å²) in [5, 5.41) is 7.07. The first kappa shape index (κ1) is 31.7. The Morgan fingerprint density at radius 1 is 1.26 bits per heavy atom. The number of piperazine rings is 1. The number of carbonyl (C=O) groups is 1. The van der Waals surface area contributed by atoms with Gasteiger partial charge in [-0.3, -0.25) is 13.9 Å². The molecule has 6 atom stereocenters. The van der Waals surface area contributed by atoms with Crippen LogP contribution in [0, 0.1) is 11.7 Å². The number of benzene rings is 2. The Morgan fingerprint density at radius 3 is 2.76 bits per heavy atom. The van der Waals surface area contributed by atoms with E-state index in [-0.39, 0.29) is 35.4 Å². The third-order valence-corrected chi connectivity index (χ3v) is 11.4. The zero-order valence-corrected chi connectivity index (χ0v) is 26.0. The minimum atomic E-state index is -2.86. The Balaban J connectivity index is 1.33. The third kappa shape index (κ3) is 7.30. The van der Waals surface area contributed by atoms with Crippen molar-refractivity contribution in [2.45, 2.75) is 82.0 Å². The van der Waals surface area contributed by atoms with Crippen molar-refractivity contribution in [1.82, 2.24) is 9.62 Å². The number of ether oxygens (including phenoxy) is 1. The highest BCUT2D eigenvalue weighted by molar-refractivity contribution is 8.22. The normalized spacial score (nSPS) is 29.1. The molecule has 8 nitrogen and oxygen atoms in total. The van der Waals surface area contributed by atoms with Crippen molar-refractivity contribution in [2.75, 3.05) is 30.8 Å². The zero-order valence-electron chi connectivity index (χ0n) is 24.4. The number of carbonyl (C=O) groups excluding carboxylic acids is 1. The van der Waals surface area contributed by atoms with Gasteiger partial charge in [0.1, 0.15) is 5.82 Å². The van der Waals surface area contributed by atoms with Gasteiger partial charge in [0.2, 0.25) is 5.91 Å². The summed E-state index contributed by atoms with van der Waals surface area (Å²) in [5.41, 5.74) is 8.12. The fourth-order valence-electron chi connectivity index (χ4n) is 6.94. The van der Waals surface area contributed by atoms with E-state index in [4.69, 9.17) is 22.1 Å². The zero-order chi connectivity index (χ0) is 30.1. The Hall–Kier alpha value is -1.76. The van der Waals surface area contributed by atoms with Crippen molar-refractivity contribution >= 4 is 34.0 Å². The summed E-state index contributed by atoms with van der Waals surface area (Å²) in [5.74, 6) is -0.601. The lowest BCUT2D eigenvalue weighted by atomic mass is 9.73. The van der Waals surface area contributed by atoms with Crippen LogP contribution in [0.15, 0.2) is 42.5 Å². The van der Waals surface area contributed by atoms with Crippen LogP contribution in [0.4, 0.5) is 10.1 Å². The summed E-state index contributed by atoms with van der Waals surface area (Å²) >= 11 is 6.17. The molecule has 3 aliphatic heterocycles. The monoisotopic (exact) mass is 622 g/mol. The molecular weight excluding hydrogens is 579 g/mol. The highest BCUT2D eigenvalue weighted by atomic mass is 35.5. The van der Waals surface area contributed by atoms with E-state index in [0.29, 0.717) is 54.6 Å². The van der Waals surface area contributed by atoms with E-state index >= 15 is 4.39 Å². The fourth-order valence-corrected chi connectivity index (χ4v) is 8.93. The van der Waals surface area contributed by atoms with E-state index in [0.717, 1.165) is 31.2 Å². The van der Waals surface area contributed by atoms with E-state index < -0.39 is 22.6 Å². The number of nitrogens with two attached hydrogens (primary N) is 1. The Kier molecular flexibility index (Phi) is 9.86. The van der Waals surface area contributed by atoms with E-state index in [1.165, 1.54) is 6.07 Å². The SMILES string of the molecule is CC1(C)CC([C@H](c2ccc(Cl)cc2)[C@H](N)C(=O)Nc2cccc(F)c2CC[C@H]2CN[C@@H]3CCCS(O)(O)N2C3)CCO1. The molecule has 3 heterocycles. The second-order valence-corrected chi connectivity index (χ2v) is 15.2. The van der Waals surface area contributed by atoms with Crippen LogP contribution in [0.3, 0.4) is 0 Å². The summed E-state index contributed by atoms with van der Waals surface area (Å²) in [6, 6.07) is 11.3. The average molecular weight is 623 g/mol. The number of rotatable bonds is 8. The summed E-state index contributed by atoms with van der Waals surface area (Å²) in [7, 11) is -2.86. The molecule has 0 spiro atoms. The topological polar surface area (TPSA) is 120 Å². The minimum absolute atomic E-state index is 0.110. The molecule has 11 heteroatoms. The van der Waals surface area contributed by atoms with Crippen molar-refractivity contribution in [1.29, 1.82) is 0 Å². The number of nitrogens with zero attached hydrogens (tertiary/aromatic N) is 1. The molecule has 42 heavy (non-hydrogen) atoms. The third-order valence-electron chi connectivity index (χ3n) is 9.09. The van der Waals surface area contributed by atoms with Gasteiger partial charge in [-0.25, -0.2) is 8.70 Å². The minimum Gasteiger partial charge on any atom is -0.376 e. The molecule has 2 bridgehead atoms. The van der Waals surface area contributed by atoms with Crippen LogP contribution in [0.1, 0.15) is 63.0 Å². The van der Waals surface area contributed by atoms with Gasteiger partial charge in [0.25, 0.3) is 0 Å². The molecule has 3 saturated heterocycles. The maximum absolute atomic E-state index is 15.2. The molecule has 0 radical (unpaired) electrons. The molecule has 3 aliphatic rings. The maximum Gasteiger partial charge on any atom is 0.241 e. The van der Waals surface area contributed by atoms with Crippen LogP contribution >= 0.6 is 22.4 Å². The summed E-state index contributed by atoms with van der Waals surface area (Å²) in [6.07, 6.45) is 4.03. The first-order valence-electron chi connectivity index (χ1n) is 14.9. The first-order chi connectivity index (χ1) is 19.9. The van der Waals surface area contributed by atoms with Crippen LogP contribution in [-0.2, 0) is 16.0 Å². The standard InChI is InChI=1S/C31H44ClFN4O4S/c1-31(2)17-21(14-15-41-31)28(20-8-10-22(32)11-9-20)29(34)30(38)36-27-7-3-6-26(33)25(27)13-12-24-18-35-23-5-4-16-42(39,40)37(24)19-23/h3,6-11,21,23-24,28-29,35,39-40H,4-5,12-19,34H2,1-2H3,(H,36,38)/t21?,23-,24+,28+,29+/m1/s1. The van der Waals surface area contributed by atoms with Crippen LogP contribution in [0.2, 0.25) is 5.02 Å². The predicted octanol–water partition coefficient (Wildman–Crippen LogP) is 5.77. The molecule has 0 saturated carbocycles. The number of hydrogen-bond donors (Lipinski definition) is 5.